The second kappa shape index (κ2) is 12.4. The van der Waals surface area contributed by atoms with Crippen molar-refractivity contribution in [2.24, 2.45) is 0 Å². The van der Waals surface area contributed by atoms with E-state index in [0.717, 1.165) is 88.5 Å². The fourth-order valence-electron chi connectivity index (χ4n) is 8.47. The van der Waals surface area contributed by atoms with Gasteiger partial charge in [0.05, 0.1) is 5.56 Å². The van der Waals surface area contributed by atoms with Crippen molar-refractivity contribution >= 4 is 43.8 Å². The summed E-state index contributed by atoms with van der Waals surface area (Å²) in [5.74, 6) is 3.00. The van der Waals surface area contributed by atoms with Crippen molar-refractivity contribution in [3.8, 4) is 62.5 Å². The van der Waals surface area contributed by atoms with Gasteiger partial charge < -0.3 is 13.6 Å². The fourth-order valence-corrected chi connectivity index (χ4v) is 8.47. The van der Waals surface area contributed by atoms with Crippen LogP contribution in [0.2, 0.25) is 0 Å². The molecule has 7 heteroatoms. The maximum atomic E-state index is 6.76. The molecule has 1 aliphatic carbocycles. The van der Waals surface area contributed by atoms with E-state index < -0.39 is 0 Å². The van der Waals surface area contributed by atoms with Crippen LogP contribution < -0.4 is 4.74 Å². The van der Waals surface area contributed by atoms with Gasteiger partial charge in [0, 0.05) is 44.3 Å². The third-order valence-corrected chi connectivity index (χ3v) is 11.1. The van der Waals surface area contributed by atoms with Crippen molar-refractivity contribution in [3.63, 3.8) is 0 Å². The number of para-hydroxylation sites is 2. The van der Waals surface area contributed by atoms with Crippen LogP contribution in [0.3, 0.4) is 0 Å². The summed E-state index contributed by atoms with van der Waals surface area (Å²) in [5, 5.41) is 4.08. The molecular formula is C50H30N4O3. The molecule has 12 rings (SSSR count). The van der Waals surface area contributed by atoms with E-state index in [-0.39, 0.29) is 12.0 Å². The molecule has 2 atom stereocenters. The van der Waals surface area contributed by atoms with Crippen LogP contribution in [0, 0.1) is 0 Å². The molecule has 1 aliphatic heterocycles. The molecule has 0 saturated carbocycles. The smallest absolute Gasteiger partial charge is 0.227 e. The second-order valence-electron chi connectivity index (χ2n) is 14.5. The number of nitrogens with zero attached hydrogens (tertiary/aromatic N) is 4. The Morgan fingerprint density at radius 1 is 0.474 bits per heavy atom. The number of hydrogen-bond acceptors (Lipinski definition) is 7. The molecule has 2 unspecified atom stereocenters. The summed E-state index contributed by atoms with van der Waals surface area (Å²) < 4.78 is 19.9. The van der Waals surface area contributed by atoms with E-state index in [0.29, 0.717) is 23.4 Å². The van der Waals surface area contributed by atoms with E-state index in [2.05, 4.69) is 66.8 Å². The first-order chi connectivity index (χ1) is 28.2. The largest absolute Gasteiger partial charge is 0.485 e. The summed E-state index contributed by atoms with van der Waals surface area (Å²) in [7, 11) is 0. The first-order valence-corrected chi connectivity index (χ1v) is 19.0. The monoisotopic (exact) mass is 734 g/mol. The number of ether oxygens (including phenoxy) is 1. The minimum Gasteiger partial charge on any atom is -0.485 e. The topological polar surface area (TPSA) is 87.1 Å². The van der Waals surface area contributed by atoms with Crippen molar-refractivity contribution in [3.05, 3.63) is 175 Å². The molecule has 268 valence electrons. The summed E-state index contributed by atoms with van der Waals surface area (Å²) in [4.78, 5) is 20.6. The number of rotatable bonds is 5. The second-order valence-corrected chi connectivity index (χ2v) is 14.5. The highest BCUT2D eigenvalue weighted by molar-refractivity contribution is 6.12. The highest BCUT2D eigenvalue weighted by Crippen LogP contribution is 2.49. The molecule has 2 aliphatic rings. The van der Waals surface area contributed by atoms with Crippen LogP contribution in [-0.4, -0.2) is 26.0 Å². The van der Waals surface area contributed by atoms with Gasteiger partial charge >= 0.3 is 0 Å². The molecule has 3 aromatic heterocycles. The van der Waals surface area contributed by atoms with Crippen LogP contribution in [0.25, 0.3) is 101 Å². The van der Waals surface area contributed by atoms with Gasteiger partial charge in [-0.2, -0.15) is 0 Å². The number of fused-ring (bicyclic) bond motifs is 9. The number of oxazole rings is 1. The Morgan fingerprint density at radius 3 is 2.07 bits per heavy atom. The van der Waals surface area contributed by atoms with E-state index >= 15 is 0 Å². The molecule has 0 amide bonds. The van der Waals surface area contributed by atoms with Crippen molar-refractivity contribution in [2.45, 2.75) is 12.0 Å². The first kappa shape index (κ1) is 31.7. The number of hydrogen-bond donors (Lipinski definition) is 0. The molecule has 4 heterocycles. The van der Waals surface area contributed by atoms with Gasteiger partial charge in [0.25, 0.3) is 0 Å². The average molecular weight is 735 g/mol. The summed E-state index contributed by atoms with van der Waals surface area (Å²) in [6, 6.07) is 49.1. The Kier molecular flexibility index (Phi) is 6.92. The Balaban J connectivity index is 1.12. The molecule has 10 aromatic rings. The van der Waals surface area contributed by atoms with Gasteiger partial charge in [-0.1, -0.05) is 121 Å². The maximum absolute atomic E-state index is 6.76. The third kappa shape index (κ3) is 5.06. The molecule has 0 spiro atoms. The standard InChI is InChI=1S/C50H30N4O3/c1-3-13-30(14-4-1)47-52-48(37-22-12-21-35-34-18-7-9-23-40(34)56-45(35)37)54-49(53-47)38-27-32(28-42-44(38)36-19-8-10-24-41(36)55-42)33-20-11-17-29-25-26-39-46(43(29)33)57-50(51-39)31-15-5-2-6-16-31/h1-28,36,41H. The molecule has 0 bridgehead atoms. The quantitative estimate of drug-likeness (QED) is 0.174. The Bertz CT molecular complexity index is 3290. The van der Waals surface area contributed by atoms with Crippen molar-refractivity contribution in [2.75, 3.05) is 0 Å². The van der Waals surface area contributed by atoms with Gasteiger partial charge in [0.15, 0.2) is 23.1 Å². The number of aromatic nitrogens is 4. The lowest BCUT2D eigenvalue weighted by Gasteiger charge is -2.17. The normalized spacial score (nSPS) is 15.7. The zero-order valence-electron chi connectivity index (χ0n) is 30.3. The molecule has 7 nitrogen and oxygen atoms in total. The summed E-state index contributed by atoms with van der Waals surface area (Å²) >= 11 is 0. The highest BCUT2D eigenvalue weighted by atomic mass is 16.5. The van der Waals surface area contributed by atoms with Crippen molar-refractivity contribution in [1.29, 1.82) is 0 Å². The lowest BCUT2D eigenvalue weighted by molar-refractivity contribution is 0.269. The fraction of sp³-hybridized carbons (Fsp3) is 0.0400. The van der Waals surface area contributed by atoms with E-state index in [9.17, 15) is 0 Å². The zero-order chi connectivity index (χ0) is 37.5. The van der Waals surface area contributed by atoms with E-state index in [1.165, 1.54) is 0 Å². The van der Waals surface area contributed by atoms with Gasteiger partial charge in [-0.25, -0.2) is 19.9 Å². The van der Waals surface area contributed by atoms with Gasteiger partial charge in [0.1, 0.15) is 28.5 Å². The minimum absolute atomic E-state index is 0.0184. The third-order valence-electron chi connectivity index (χ3n) is 11.1. The van der Waals surface area contributed by atoms with Crippen molar-refractivity contribution in [1.82, 2.24) is 19.9 Å². The van der Waals surface area contributed by atoms with Gasteiger partial charge in [-0.05, 0) is 65.1 Å². The van der Waals surface area contributed by atoms with E-state index in [1.807, 2.05) is 103 Å². The molecule has 0 saturated heterocycles. The summed E-state index contributed by atoms with van der Waals surface area (Å²) in [6.07, 6.45) is 8.30. The minimum atomic E-state index is -0.153. The molecule has 0 N–H and O–H groups in total. The van der Waals surface area contributed by atoms with Gasteiger partial charge in [-0.3, -0.25) is 0 Å². The Hall–Kier alpha value is -7.64. The Morgan fingerprint density at radius 2 is 1.19 bits per heavy atom. The first-order valence-electron chi connectivity index (χ1n) is 19.0. The lowest BCUT2D eigenvalue weighted by Crippen LogP contribution is -2.16. The van der Waals surface area contributed by atoms with Crippen LogP contribution >= 0.6 is 0 Å². The van der Waals surface area contributed by atoms with Crippen LogP contribution in [0.5, 0.6) is 5.75 Å². The van der Waals surface area contributed by atoms with E-state index in [1.54, 1.807) is 0 Å². The van der Waals surface area contributed by atoms with Crippen LogP contribution in [0.1, 0.15) is 11.5 Å². The predicted octanol–water partition coefficient (Wildman–Crippen LogP) is 12.4. The average Bonchev–Trinajstić information content (AvgIpc) is 4.00. The number of allylic oxidation sites excluding steroid dienone is 2. The van der Waals surface area contributed by atoms with Gasteiger partial charge in [-0.15, -0.1) is 0 Å². The van der Waals surface area contributed by atoms with Gasteiger partial charge in [0.2, 0.25) is 5.89 Å². The number of benzene rings is 7. The molecule has 57 heavy (non-hydrogen) atoms. The van der Waals surface area contributed by atoms with Crippen molar-refractivity contribution < 1.29 is 13.6 Å². The SMILES string of the molecule is C1=CC2Oc3cc(-c4cccc5ccc6nc(-c7ccccc7)oc6c45)cc(-c4nc(-c5ccccc5)nc(-c5cccc6c5oc5ccccc56)n4)c3C2C=C1. The molecule has 0 fully saturated rings. The maximum Gasteiger partial charge on any atom is 0.227 e. The predicted molar refractivity (Wildman–Crippen MR) is 225 cm³/mol. The highest BCUT2D eigenvalue weighted by Gasteiger charge is 2.36. The lowest BCUT2D eigenvalue weighted by atomic mass is 9.86. The number of furan rings is 1. The summed E-state index contributed by atoms with van der Waals surface area (Å²) in [6.45, 7) is 0. The Labute approximate surface area is 326 Å². The van der Waals surface area contributed by atoms with E-state index in [4.69, 9.17) is 33.5 Å². The van der Waals surface area contributed by atoms with Crippen LogP contribution in [0.4, 0.5) is 0 Å². The van der Waals surface area contributed by atoms with Crippen LogP contribution in [-0.2, 0) is 0 Å². The molecular weight excluding hydrogens is 705 g/mol. The zero-order valence-corrected chi connectivity index (χ0v) is 30.3. The van der Waals surface area contributed by atoms with Crippen LogP contribution in [0.15, 0.2) is 179 Å². The summed E-state index contributed by atoms with van der Waals surface area (Å²) in [5.41, 5.74) is 9.54. The molecule has 7 aromatic carbocycles. The molecule has 0 radical (unpaired) electrons.